The number of hydrogen-bond acceptors (Lipinski definition) is 12. The van der Waals surface area contributed by atoms with Gasteiger partial charge in [-0.1, -0.05) is 109 Å². The lowest BCUT2D eigenvalue weighted by Gasteiger charge is -2.68. The van der Waals surface area contributed by atoms with E-state index < -0.39 is 87.8 Å². The first-order chi connectivity index (χ1) is 29.9. The molecule has 2 saturated carbocycles. The Morgan fingerprint density at radius 2 is 1.53 bits per heavy atom. The molecule has 6 rings (SSSR count). The Morgan fingerprint density at radius 3 is 2.09 bits per heavy atom. The SMILES string of the molecule is CC1=C2[C@@H](C)C(=O)[C@]3(C)[C@@H](OC(=O)OCc4ccccc4)C[C@H]4OC[C@@]4(C)[C@H]3[C@H](C)[C@](O)(C[C@@H]1OC(=O)C(OCOCc1ccccc1)[C@H](CC(C)C)NC(=O)OC(C)(C)C)C2(C)C. The predicted octanol–water partition coefficient (Wildman–Crippen LogP) is 8.88. The molecule has 1 amide bonds. The highest BCUT2D eigenvalue weighted by atomic mass is 16.7. The van der Waals surface area contributed by atoms with Crippen LogP contribution in [0.5, 0.6) is 0 Å². The summed E-state index contributed by atoms with van der Waals surface area (Å²) in [6.45, 7) is 23.1. The molecular formula is C51H71NO12. The van der Waals surface area contributed by atoms with E-state index in [2.05, 4.69) is 12.2 Å². The Hall–Kier alpha value is -4.30. The Bertz CT molecular complexity index is 2030. The number of ketones is 1. The molecule has 0 radical (unpaired) electrons. The van der Waals surface area contributed by atoms with E-state index in [1.165, 1.54) is 0 Å². The van der Waals surface area contributed by atoms with Crippen molar-refractivity contribution >= 4 is 24.0 Å². The third-order valence-electron chi connectivity index (χ3n) is 14.7. The molecule has 1 saturated heterocycles. The summed E-state index contributed by atoms with van der Waals surface area (Å²) in [7, 11) is 0. The molecule has 1 aliphatic heterocycles. The van der Waals surface area contributed by atoms with Gasteiger partial charge >= 0.3 is 18.2 Å². The summed E-state index contributed by atoms with van der Waals surface area (Å²) in [5.41, 5.74) is -2.11. The maximum Gasteiger partial charge on any atom is 0.508 e. The van der Waals surface area contributed by atoms with E-state index in [1.807, 2.05) is 116 Å². The van der Waals surface area contributed by atoms with Crippen molar-refractivity contribution in [1.29, 1.82) is 0 Å². The van der Waals surface area contributed by atoms with Gasteiger partial charge in [-0.05, 0) is 81.1 Å². The molecule has 2 aromatic carbocycles. The first kappa shape index (κ1) is 49.1. The highest BCUT2D eigenvalue weighted by Gasteiger charge is 2.73. The van der Waals surface area contributed by atoms with E-state index in [0.717, 1.165) is 11.1 Å². The Kier molecular flexibility index (Phi) is 14.5. The lowest BCUT2D eigenvalue weighted by atomic mass is 9.40. The minimum Gasteiger partial charge on any atom is -0.456 e. The molecule has 1 unspecified atom stereocenters. The smallest absolute Gasteiger partial charge is 0.456 e. The summed E-state index contributed by atoms with van der Waals surface area (Å²) >= 11 is 0. The number of alkyl carbamates (subject to hydrolysis) is 1. The van der Waals surface area contributed by atoms with E-state index in [9.17, 15) is 19.5 Å². The summed E-state index contributed by atoms with van der Waals surface area (Å²) in [6.07, 6.45) is -4.51. The fraction of sp³-hybridized carbons (Fsp3) is 0.647. The lowest BCUT2D eigenvalue weighted by Crippen LogP contribution is -2.74. The molecule has 4 aliphatic rings. The van der Waals surface area contributed by atoms with Crippen LogP contribution >= 0.6 is 0 Å². The second kappa shape index (κ2) is 18.9. The zero-order valence-corrected chi connectivity index (χ0v) is 39.9. The first-order valence-electron chi connectivity index (χ1n) is 22.8. The Morgan fingerprint density at radius 1 is 0.922 bits per heavy atom. The standard InChI is InChI=1S/C51H71NO12/c1-30(2)23-36(52-45(55)64-47(6,7)8)41(61-29-58-26-34-19-15-13-16-20-34)44(54)62-37-25-51(57)33(5)42-49(11)28-60-38(49)24-39(63-46(56)59-27-35-21-17-14-18-22-35)50(42,12)43(53)32(4)40(31(37)3)48(51,9)10/h13-22,30,32-33,36-39,41-42,57H,23-29H2,1-12H3,(H,52,55)/t32-,33+,36+,37+,38-,39+,41?,42-,49-,50-,51-/m1/s1. The molecule has 3 aliphatic carbocycles. The number of aliphatic hydroxyl groups is 1. The van der Waals surface area contributed by atoms with E-state index in [-0.39, 0.29) is 44.2 Å². The third-order valence-corrected chi connectivity index (χ3v) is 14.7. The van der Waals surface area contributed by atoms with Crippen molar-refractivity contribution in [2.45, 2.75) is 157 Å². The number of nitrogens with one attached hydrogen (secondary N) is 1. The average Bonchev–Trinajstić information content (AvgIpc) is 3.21. The monoisotopic (exact) mass is 889 g/mol. The summed E-state index contributed by atoms with van der Waals surface area (Å²) in [6, 6.07) is 18.0. The molecule has 64 heavy (non-hydrogen) atoms. The van der Waals surface area contributed by atoms with Crippen molar-refractivity contribution in [2.75, 3.05) is 13.4 Å². The quantitative estimate of drug-likeness (QED) is 0.0610. The molecular weight excluding hydrogens is 819 g/mol. The zero-order valence-electron chi connectivity index (χ0n) is 39.9. The van der Waals surface area contributed by atoms with Gasteiger partial charge in [0.25, 0.3) is 0 Å². The largest absolute Gasteiger partial charge is 0.508 e. The molecule has 0 spiro atoms. The number of carbonyl (C=O) groups is 4. The van der Waals surface area contributed by atoms with E-state index in [4.69, 9.17) is 33.2 Å². The van der Waals surface area contributed by atoms with E-state index in [0.29, 0.717) is 30.6 Å². The average molecular weight is 890 g/mol. The molecule has 13 heteroatoms. The second-order valence-corrected chi connectivity index (χ2v) is 21.0. The van der Waals surface area contributed by atoms with Crippen LogP contribution in [0.4, 0.5) is 9.59 Å². The molecule has 13 nitrogen and oxygen atoms in total. The summed E-state index contributed by atoms with van der Waals surface area (Å²) < 4.78 is 42.1. The molecule has 2 bridgehead atoms. The second-order valence-electron chi connectivity index (χ2n) is 21.0. The molecule has 352 valence electrons. The van der Waals surface area contributed by atoms with Gasteiger partial charge in [-0.15, -0.1) is 0 Å². The summed E-state index contributed by atoms with van der Waals surface area (Å²) in [5.74, 6) is -2.78. The highest BCUT2D eigenvalue weighted by Crippen LogP contribution is 2.68. The van der Waals surface area contributed by atoms with Crippen molar-refractivity contribution in [3.63, 3.8) is 0 Å². The van der Waals surface area contributed by atoms with Gasteiger partial charge in [0.1, 0.15) is 37.0 Å². The van der Waals surface area contributed by atoms with Gasteiger partial charge in [0, 0.05) is 29.6 Å². The van der Waals surface area contributed by atoms with Crippen molar-refractivity contribution in [3.8, 4) is 0 Å². The predicted molar refractivity (Wildman–Crippen MR) is 238 cm³/mol. The van der Waals surface area contributed by atoms with Crippen molar-refractivity contribution in [3.05, 3.63) is 82.9 Å². The summed E-state index contributed by atoms with van der Waals surface area (Å²) in [5, 5.41) is 16.4. The molecule has 2 N–H and O–H groups in total. The topological polar surface area (TPSA) is 165 Å². The Balaban J connectivity index is 1.34. The van der Waals surface area contributed by atoms with Crippen molar-refractivity contribution in [2.24, 2.45) is 39.9 Å². The first-order valence-corrected chi connectivity index (χ1v) is 22.8. The maximum atomic E-state index is 15.5. The number of rotatable bonds is 14. The fourth-order valence-electron chi connectivity index (χ4n) is 11.7. The minimum absolute atomic E-state index is 0.00690. The molecule has 0 aromatic heterocycles. The zero-order chi connectivity index (χ0) is 47.0. The molecule has 1 heterocycles. The van der Waals surface area contributed by atoms with E-state index in [1.54, 1.807) is 20.8 Å². The third kappa shape index (κ3) is 9.64. The number of fused-ring (bicyclic) bond motifs is 5. The lowest BCUT2D eigenvalue weighted by molar-refractivity contribution is -0.302. The highest BCUT2D eigenvalue weighted by molar-refractivity contribution is 5.91. The Labute approximate surface area is 379 Å². The van der Waals surface area contributed by atoms with Gasteiger partial charge in [-0.3, -0.25) is 4.79 Å². The van der Waals surface area contributed by atoms with Crippen molar-refractivity contribution in [1.82, 2.24) is 5.32 Å². The molecule has 2 aromatic rings. The number of esters is 1. The normalized spacial score (nSPS) is 31.8. The van der Waals surface area contributed by atoms with Crippen LogP contribution in [0, 0.1) is 39.9 Å². The van der Waals surface area contributed by atoms with Gasteiger partial charge in [0.15, 0.2) is 6.10 Å². The number of hydrogen-bond donors (Lipinski definition) is 2. The molecule has 11 atom stereocenters. The fourth-order valence-corrected chi connectivity index (χ4v) is 11.7. The molecule has 3 fully saturated rings. The maximum absolute atomic E-state index is 15.5. The van der Waals surface area contributed by atoms with Crippen LogP contribution in [-0.4, -0.2) is 84.2 Å². The number of Topliss-reactive ketones (excluding diaryl/α,β-unsaturated/α-hetero) is 1. The van der Waals surface area contributed by atoms with Gasteiger partial charge in [0.05, 0.1) is 36.4 Å². The van der Waals surface area contributed by atoms with Crippen LogP contribution in [-0.2, 0) is 56.0 Å². The van der Waals surface area contributed by atoms with Gasteiger partial charge < -0.3 is 43.6 Å². The number of carbonyl (C=O) groups excluding carboxylic acids is 4. The van der Waals surface area contributed by atoms with Gasteiger partial charge in [0.2, 0.25) is 0 Å². The number of benzene rings is 2. The van der Waals surface area contributed by atoms with Crippen LogP contribution in [0.3, 0.4) is 0 Å². The van der Waals surface area contributed by atoms with Crippen molar-refractivity contribution < 1.29 is 57.4 Å². The number of ether oxygens (including phenoxy) is 7. The van der Waals surface area contributed by atoms with Crippen LogP contribution in [0.1, 0.15) is 113 Å². The van der Waals surface area contributed by atoms with Gasteiger partial charge in [-0.25, -0.2) is 14.4 Å². The summed E-state index contributed by atoms with van der Waals surface area (Å²) in [4.78, 5) is 57.0. The van der Waals surface area contributed by atoms with Crippen LogP contribution in [0.15, 0.2) is 71.8 Å². The van der Waals surface area contributed by atoms with Gasteiger partial charge in [-0.2, -0.15) is 0 Å². The number of amides is 1. The van der Waals surface area contributed by atoms with Crippen LogP contribution in [0.2, 0.25) is 0 Å². The van der Waals surface area contributed by atoms with Crippen LogP contribution in [0.25, 0.3) is 0 Å². The van der Waals surface area contributed by atoms with E-state index >= 15 is 4.79 Å². The van der Waals surface area contributed by atoms with Crippen LogP contribution < -0.4 is 5.32 Å². The minimum atomic E-state index is -1.55.